The van der Waals surface area contributed by atoms with E-state index in [1.54, 1.807) is 0 Å². The number of hydrogen-bond acceptors (Lipinski definition) is 3. The number of carbonyl (C=O) groups is 1. The molecule has 0 aromatic heterocycles. The molecule has 0 heterocycles. The van der Waals surface area contributed by atoms with Gasteiger partial charge in [0.2, 0.25) is 10.0 Å². The Balaban J connectivity index is 2.40. The van der Waals surface area contributed by atoms with Crippen molar-refractivity contribution < 1.29 is 22.7 Å². The van der Waals surface area contributed by atoms with Gasteiger partial charge >= 0.3 is 5.97 Å². The molecule has 0 amide bonds. The minimum Gasteiger partial charge on any atom is -0.478 e. The summed E-state index contributed by atoms with van der Waals surface area (Å²) in [6, 6.07) is 1.86. The number of benzene rings is 1. The number of rotatable bonds is 5. The Morgan fingerprint density at radius 1 is 1.43 bits per heavy atom. The molecule has 1 N–H and O–H groups in total. The van der Waals surface area contributed by atoms with Gasteiger partial charge in [0.25, 0.3) is 0 Å². The van der Waals surface area contributed by atoms with Crippen molar-refractivity contribution in [1.82, 2.24) is 4.31 Å². The monoisotopic (exact) mass is 315 g/mol. The number of hydrogen-bond donors (Lipinski definition) is 1. The van der Waals surface area contributed by atoms with E-state index in [2.05, 4.69) is 0 Å². The fourth-order valence-corrected chi connectivity index (χ4v) is 3.85. The van der Waals surface area contributed by atoms with Crippen LogP contribution in [0.5, 0.6) is 0 Å². The maximum atomic E-state index is 13.8. The van der Waals surface area contributed by atoms with E-state index in [0.717, 1.165) is 31.4 Å². The van der Waals surface area contributed by atoms with Gasteiger partial charge < -0.3 is 5.11 Å². The van der Waals surface area contributed by atoms with Crippen molar-refractivity contribution in [1.29, 1.82) is 0 Å². The highest BCUT2D eigenvalue weighted by Gasteiger charge is 2.29. The Kier molecular flexibility index (Phi) is 4.34. The molecule has 1 saturated carbocycles. The zero-order valence-electron chi connectivity index (χ0n) is 12.0. The number of carboxylic acid groups (broad SMARTS) is 1. The van der Waals surface area contributed by atoms with Crippen molar-refractivity contribution >= 4 is 16.0 Å². The number of nitrogens with zero attached hydrogens (tertiary/aromatic N) is 1. The zero-order chi connectivity index (χ0) is 15.8. The molecule has 1 fully saturated rings. The van der Waals surface area contributed by atoms with Gasteiger partial charge in [-0.2, -0.15) is 0 Å². The molecule has 1 aliphatic carbocycles. The highest BCUT2D eigenvalue weighted by atomic mass is 32.2. The van der Waals surface area contributed by atoms with Crippen molar-refractivity contribution in [3.63, 3.8) is 0 Å². The van der Waals surface area contributed by atoms with Gasteiger partial charge in [-0.1, -0.05) is 6.42 Å². The van der Waals surface area contributed by atoms with Gasteiger partial charge in [-0.3, -0.25) is 0 Å². The van der Waals surface area contributed by atoms with Crippen LogP contribution in [-0.2, 0) is 10.0 Å². The van der Waals surface area contributed by atoms with Crippen LogP contribution in [-0.4, -0.2) is 37.4 Å². The van der Waals surface area contributed by atoms with E-state index in [4.69, 9.17) is 5.11 Å². The summed E-state index contributed by atoms with van der Waals surface area (Å²) in [6.07, 6.45) is 3.07. The lowest BCUT2D eigenvalue weighted by atomic mass is 9.86. The van der Waals surface area contributed by atoms with Gasteiger partial charge in [0.1, 0.15) is 5.82 Å². The van der Waals surface area contributed by atoms with Crippen LogP contribution in [0.3, 0.4) is 0 Å². The lowest BCUT2D eigenvalue weighted by Crippen LogP contribution is -2.34. The normalized spacial score (nSPS) is 16.0. The second-order valence-corrected chi connectivity index (χ2v) is 7.48. The lowest BCUT2D eigenvalue weighted by molar-refractivity contribution is 0.0696. The lowest BCUT2D eigenvalue weighted by Gasteiger charge is -2.30. The second-order valence-electron chi connectivity index (χ2n) is 5.47. The Bertz CT molecular complexity index is 668. The first-order valence-corrected chi connectivity index (χ1v) is 8.17. The molecule has 5 nitrogen and oxygen atoms in total. The van der Waals surface area contributed by atoms with Crippen molar-refractivity contribution in [3.05, 3.63) is 29.1 Å². The van der Waals surface area contributed by atoms with Crippen molar-refractivity contribution in [2.45, 2.75) is 31.1 Å². The molecule has 116 valence electrons. The first-order chi connectivity index (χ1) is 9.73. The van der Waals surface area contributed by atoms with Crippen molar-refractivity contribution in [2.24, 2.45) is 5.92 Å². The Labute approximate surface area is 123 Å². The summed E-state index contributed by atoms with van der Waals surface area (Å²) in [5.41, 5.74) is -0.422. The molecular weight excluding hydrogens is 297 g/mol. The Morgan fingerprint density at radius 3 is 2.52 bits per heavy atom. The topological polar surface area (TPSA) is 74.7 Å². The summed E-state index contributed by atoms with van der Waals surface area (Å²) >= 11 is 0. The molecule has 0 saturated heterocycles. The molecule has 0 radical (unpaired) electrons. The third-order valence-electron chi connectivity index (χ3n) is 3.97. The number of aromatic carboxylic acids is 1. The highest BCUT2D eigenvalue weighted by molar-refractivity contribution is 7.89. The Morgan fingerprint density at radius 2 is 2.05 bits per heavy atom. The molecule has 0 aliphatic heterocycles. The average Bonchev–Trinajstić information content (AvgIpc) is 2.35. The van der Waals surface area contributed by atoms with E-state index < -0.39 is 21.8 Å². The molecule has 2 rings (SSSR count). The fraction of sp³-hybridized carbons (Fsp3) is 0.500. The maximum Gasteiger partial charge on any atom is 0.335 e. The third kappa shape index (κ3) is 3.08. The quantitative estimate of drug-likeness (QED) is 0.904. The predicted octanol–water partition coefficient (Wildman–Crippen LogP) is 2.25. The summed E-state index contributed by atoms with van der Waals surface area (Å²) < 4.78 is 40.0. The smallest absolute Gasteiger partial charge is 0.335 e. The molecule has 21 heavy (non-hydrogen) atoms. The largest absolute Gasteiger partial charge is 0.478 e. The van der Waals surface area contributed by atoms with Crippen LogP contribution in [0.15, 0.2) is 17.0 Å². The first kappa shape index (κ1) is 15.9. The van der Waals surface area contributed by atoms with Crippen LogP contribution in [0.4, 0.5) is 4.39 Å². The van der Waals surface area contributed by atoms with Gasteiger partial charge in [-0.15, -0.1) is 0 Å². The molecule has 1 aromatic carbocycles. The maximum absolute atomic E-state index is 13.8. The van der Waals surface area contributed by atoms with E-state index in [9.17, 15) is 17.6 Å². The Hall–Kier alpha value is -1.47. The van der Waals surface area contributed by atoms with Gasteiger partial charge in [-0.25, -0.2) is 21.9 Å². The van der Waals surface area contributed by atoms with Crippen molar-refractivity contribution in [3.8, 4) is 0 Å². The molecule has 1 aliphatic rings. The van der Waals surface area contributed by atoms with Crippen LogP contribution in [0.1, 0.15) is 35.2 Å². The number of carboxylic acids is 1. The highest BCUT2D eigenvalue weighted by Crippen LogP contribution is 2.29. The number of halogens is 1. The minimum absolute atomic E-state index is 0.0551. The van der Waals surface area contributed by atoms with Crippen LogP contribution in [0, 0.1) is 18.7 Å². The summed E-state index contributed by atoms with van der Waals surface area (Å²) in [5.74, 6) is -1.85. The molecule has 0 bridgehead atoms. The van der Waals surface area contributed by atoms with Crippen molar-refractivity contribution in [2.75, 3.05) is 13.6 Å². The van der Waals surface area contributed by atoms with E-state index >= 15 is 0 Å². The van der Waals surface area contributed by atoms with E-state index in [1.165, 1.54) is 18.3 Å². The SMILES string of the molecule is Cc1c(F)cc(C(=O)O)cc1S(=O)(=O)N(C)CC1CCC1. The van der Waals surface area contributed by atoms with E-state index in [0.29, 0.717) is 12.5 Å². The van der Waals surface area contributed by atoms with Crippen LogP contribution in [0.2, 0.25) is 0 Å². The summed E-state index contributed by atoms with van der Waals surface area (Å²) in [6.45, 7) is 1.71. The molecule has 0 spiro atoms. The van der Waals surface area contributed by atoms with E-state index in [-0.39, 0.29) is 16.0 Å². The molecule has 0 atom stereocenters. The second kappa shape index (κ2) is 5.73. The average molecular weight is 315 g/mol. The fourth-order valence-electron chi connectivity index (χ4n) is 2.35. The molecular formula is C14H18FNO4S. The van der Waals surface area contributed by atoms with Gasteiger partial charge in [0.15, 0.2) is 0 Å². The zero-order valence-corrected chi connectivity index (χ0v) is 12.8. The third-order valence-corrected chi connectivity index (χ3v) is 5.92. The minimum atomic E-state index is -3.89. The number of sulfonamides is 1. The van der Waals surface area contributed by atoms with Crippen LogP contribution >= 0.6 is 0 Å². The molecule has 1 aromatic rings. The first-order valence-electron chi connectivity index (χ1n) is 6.73. The van der Waals surface area contributed by atoms with Gasteiger partial charge in [0.05, 0.1) is 10.5 Å². The van der Waals surface area contributed by atoms with Crippen LogP contribution < -0.4 is 0 Å². The molecule has 7 heteroatoms. The standard InChI is InChI=1S/C14H18FNO4S/c1-9-12(15)6-11(14(17)18)7-13(9)21(19,20)16(2)8-10-4-3-5-10/h6-7,10H,3-5,8H2,1-2H3,(H,17,18). The van der Waals surface area contributed by atoms with Gasteiger partial charge in [-0.05, 0) is 37.8 Å². The summed E-state index contributed by atoms with van der Waals surface area (Å²) in [7, 11) is -2.45. The summed E-state index contributed by atoms with van der Waals surface area (Å²) in [5, 5.41) is 8.95. The van der Waals surface area contributed by atoms with Gasteiger partial charge in [0, 0.05) is 19.2 Å². The summed E-state index contributed by atoms with van der Waals surface area (Å²) in [4.78, 5) is 10.7. The predicted molar refractivity (Wildman–Crippen MR) is 75.3 cm³/mol. The van der Waals surface area contributed by atoms with Crippen LogP contribution in [0.25, 0.3) is 0 Å². The van der Waals surface area contributed by atoms with E-state index in [1.807, 2.05) is 0 Å². The molecule has 0 unspecified atom stereocenters.